The first-order chi connectivity index (χ1) is 14.6. The van der Waals surface area contributed by atoms with Gasteiger partial charge in [-0.2, -0.15) is 0 Å². The van der Waals surface area contributed by atoms with Gasteiger partial charge in [-0.25, -0.2) is 4.79 Å². The normalized spacial score (nSPS) is 22.2. The minimum Gasteiger partial charge on any atom is -0.378 e. The number of benzene rings is 1. The quantitative estimate of drug-likeness (QED) is 0.822. The Hall–Kier alpha value is -2.12. The predicted octanol–water partition coefficient (Wildman–Crippen LogP) is 2.56. The molecule has 3 aliphatic rings. The number of piperazine rings is 1. The summed E-state index contributed by atoms with van der Waals surface area (Å²) in [5.41, 5.74) is 1.99. The standard InChI is InChI=1S/C23H34N4O3/c1-18-6-8-20(9-7-18)24-23(29)27-12-10-25(11-13-27)21(19-4-2-3-5-19)22(28)26-14-16-30-17-15-26/h6-9,19,21H,2-5,10-17H2,1H3,(H,24,29)/t21-/m1/s1. The Balaban J connectivity index is 1.36. The summed E-state index contributed by atoms with van der Waals surface area (Å²) in [6, 6.07) is 7.75. The maximum atomic E-state index is 13.4. The number of rotatable bonds is 4. The highest BCUT2D eigenvalue weighted by Gasteiger charge is 2.39. The molecule has 2 heterocycles. The summed E-state index contributed by atoms with van der Waals surface area (Å²) in [5.74, 6) is 0.705. The number of morpholine rings is 1. The lowest BCUT2D eigenvalue weighted by Gasteiger charge is -2.42. The fourth-order valence-electron chi connectivity index (χ4n) is 4.94. The molecule has 3 amide bonds. The van der Waals surface area contributed by atoms with Gasteiger partial charge in [0.05, 0.1) is 19.3 Å². The number of amides is 3. The van der Waals surface area contributed by atoms with E-state index in [4.69, 9.17) is 4.74 Å². The van der Waals surface area contributed by atoms with Crippen molar-refractivity contribution in [3.05, 3.63) is 29.8 Å². The second-order valence-electron chi connectivity index (χ2n) is 8.75. The van der Waals surface area contributed by atoms with Crippen molar-refractivity contribution < 1.29 is 14.3 Å². The number of hydrogen-bond acceptors (Lipinski definition) is 4. The van der Waals surface area contributed by atoms with Crippen LogP contribution in [0.2, 0.25) is 0 Å². The molecule has 0 bridgehead atoms. The molecule has 1 aromatic rings. The number of aryl methyl sites for hydroxylation is 1. The molecule has 1 saturated carbocycles. The lowest BCUT2D eigenvalue weighted by Crippen LogP contribution is -2.59. The second-order valence-corrected chi connectivity index (χ2v) is 8.75. The highest BCUT2D eigenvalue weighted by molar-refractivity contribution is 5.89. The van der Waals surface area contributed by atoms with Gasteiger partial charge in [-0.3, -0.25) is 9.69 Å². The third-order valence-corrected chi connectivity index (χ3v) is 6.72. The second kappa shape index (κ2) is 9.79. The van der Waals surface area contributed by atoms with Crippen LogP contribution in [0.5, 0.6) is 0 Å². The smallest absolute Gasteiger partial charge is 0.321 e. The highest BCUT2D eigenvalue weighted by Crippen LogP contribution is 2.32. The van der Waals surface area contributed by atoms with E-state index in [1.165, 1.54) is 18.4 Å². The zero-order valence-electron chi connectivity index (χ0n) is 18.0. The molecule has 1 atom stereocenters. The zero-order chi connectivity index (χ0) is 20.9. The molecule has 3 fully saturated rings. The Bertz CT molecular complexity index is 718. The number of carbonyl (C=O) groups is 2. The molecule has 4 rings (SSSR count). The SMILES string of the molecule is Cc1ccc(NC(=O)N2CCN([C@@H](C(=O)N3CCOCC3)C3CCCC3)CC2)cc1. The fourth-order valence-corrected chi connectivity index (χ4v) is 4.94. The summed E-state index contributed by atoms with van der Waals surface area (Å²) >= 11 is 0. The van der Waals surface area contributed by atoms with Crippen molar-refractivity contribution in [1.82, 2.24) is 14.7 Å². The predicted molar refractivity (Wildman–Crippen MR) is 116 cm³/mol. The van der Waals surface area contributed by atoms with Crippen LogP contribution in [0.1, 0.15) is 31.2 Å². The van der Waals surface area contributed by atoms with Crippen LogP contribution in [0.15, 0.2) is 24.3 Å². The van der Waals surface area contributed by atoms with Gasteiger partial charge in [0.25, 0.3) is 0 Å². The number of hydrogen-bond donors (Lipinski definition) is 1. The van der Waals surface area contributed by atoms with Crippen molar-refractivity contribution in [2.24, 2.45) is 5.92 Å². The van der Waals surface area contributed by atoms with Crippen LogP contribution in [0.25, 0.3) is 0 Å². The number of nitrogens with zero attached hydrogens (tertiary/aromatic N) is 3. The zero-order valence-corrected chi connectivity index (χ0v) is 18.0. The van der Waals surface area contributed by atoms with E-state index >= 15 is 0 Å². The average Bonchev–Trinajstić information content (AvgIpc) is 3.31. The molecule has 7 heteroatoms. The summed E-state index contributed by atoms with van der Waals surface area (Å²) in [7, 11) is 0. The van der Waals surface area contributed by atoms with E-state index < -0.39 is 0 Å². The Labute approximate surface area is 179 Å². The third-order valence-electron chi connectivity index (χ3n) is 6.72. The van der Waals surface area contributed by atoms with Crippen LogP contribution in [-0.2, 0) is 9.53 Å². The van der Waals surface area contributed by atoms with Crippen LogP contribution in [0.3, 0.4) is 0 Å². The molecule has 0 spiro atoms. The topological polar surface area (TPSA) is 65.1 Å². The summed E-state index contributed by atoms with van der Waals surface area (Å²) in [6.45, 7) is 7.49. The van der Waals surface area contributed by atoms with E-state index in [0.717, 1.165) is 31.6 Å². The molecule has 7 nitrogen and oxygen atoms in total. The first-order valence-electron chi connectivity index (χ1n) is 11.3. The van der Waals surface area contributed by atoms with Gasteiger partial charge >= 0.3 is 6.03 Å². The average molecular weight is 415 g/mol. The minimum atomic E-state index is -0.0598. The number of carbonyl (C=O) groups excluding carboxylic acids is 2. The Morgan fingerprint density at radius 1 is 0.933 bits per heavy atom. The lowest BCUT2D eigenvalue weighted by atomic mass is 9.94. The van der Waals surface area contributed by atoms with Crippen molar-refractivity contribution in [2.45, 2.75) is 38.6 Å². The van der Waals surface area contributed by atoms with Gasteiger partial charge in [-0.15, -0.1) is 0 Å². The third kappa shape index (κ3) is 4.95. The van der Waals surface area contributed by atoms with Crippen LogP contribution in [-0.4, -0.2) is 85.2 Å². The molecule has 1 aromatic carbocycles. The van der Waals surface area contributed by atoms with E-state index in [1.807, 2.05) is 41.0 Å². The van der Waals surface area contributed by atoms with E-state index in [2.05, 4.69) is 10.2 Å². The van der Waals surface area contributed by atoms with E-state index in [9.17, 15) is 9.59 Å². The molecule has 164 valence electrons. The van der Waals surface area contributed by atoms with E-state index in [-0.39, 0.29) is 18.0 Å². The maximum Gasteiger partial charge on any atom is 0.321 e. The van der Waals surface area contributed by atoms with E-state index in [1.54, 1.807) is 0 Å². The summed E-state index contributed by atoms with van der Waals surface area (Å²) in [6.07, 6.45) is 4.71. The Kier molecular flexibility index (Phi) is 6.89. The molecular formula is C23H34N4O3. The van der Waals surface area contributed by atoms with Gasteiger partial charge in [0.1, 0.15) is 0 Å². The molecular weight excluding hydrogens is 380 g/mol. The van der Waals surface area contributed by atoms with Crippen molar-refractivity contribution in [2.75, 3.05) is 57.8 Å². The monoisotopic (exact) mass is 414 g/mol. The first kappa shape index (κ1) is 21.1. The van der Waals surface area contributed by atoms with Crippen molar-refractivity contribution in [3.63, 3.8) is 0 Å². The summed E-state index contributed by atoms with van der Waals surface area (Å²) < 4.78 is 5.44. The van der Waals surface area contributed by atoms with Gasteiger partial charge in [0, 0.05) is 45.0 Å². The molecule has 2 saturated heterocycles. The van der Waals surface area contributed by atoms with Crippen LogP contribution in [0, 0.1) is 12.8 Å². The van der Waals surface area contributed by atoms with Gasteiger partial charge < -0.3 is 19.9 Å². The van der Waals surface area contributed by atoms with Crippen molar-refractivity contribution >= 4 is 17.6 Å². The fraction of sp³-hybridized carbons (Fsp3) is 0.652. The molecule has 1 N–H and O–H groups in total. The van der Waals surface area contributed by atoms with Crippen LogP contribution in [0.4, 0.5) is 10.5 Å². The molecule has 1 aliphatic carbocycles. The van der Waals surface area contributed by atoms with E-state index in [0.29, 0.717) is 45.3 Å². The van der Waals surface area contributed by atoms with Gasteiger partial charge in [0.15, 0.2) is 0 Å². The lowest BCUT2D eigenvalue weighted by molar-refractivity contribution is -0.144. The van der Waals surface area contributed by atoms with Crippen molar-refractivity contribution in [1.29, 1.82) is 0 Å². The van der Waals surface area contributed by atoms with Crippen molar-refractivity contribution in [3.8, 4) is 0 Å². The molecule has 0 aromatic heterocycles. The number of anilines is 1. The van der Waals surface area contributed by atoms with Gasteiger partial charge in [-0.1, -0.05) is 30.5 Å². The Morgan fingerprint density at radius 2 is 1.57 bits per heavy atom. The largest absolute Gasteiger partial charge is 0.378 e. The highest BCUT2D eigenvalue weighted by atomic mass is 16.5. The molecule has 0 radical (unpaired) electrons. The first-order valence-corrected chi connectivity index (χ1v) is 11.3. The number of ether oxygens (including phenoxy) is 1. The number of nitrogens with one attached hydrogen (secondary N) is 1. The molecule has 0 unspecified atom stereocenters. The summed E-state index contributed by atoms with van der Waals surface area (Å²) in [5, 5.41) is 2.99. The molecule has 30 heavy (non-hydrogen) atoms. The Morgan fingerprint density at radius 3 is 2.20 bits per heavy atom. The maximum absolute atomic E-state index is 13.4. The minimum absolute atomic E-state index is 0.0482. The van der Waals surface area contributed by atoms with Gasteiger partial charge in [-0.05, 0) is 37.8 Å². The molecule has 2 aliphatic heterocycles. The van der Waals surface area contributed by atoms with Crippen LogP contribution >= 0.6 is 0 Å². The van der Waals surface area contributed by atoms with Gasteiger partial charge in [0.2, 0.25) is 5.91 Å². The van der Waals surface area contributed by atoms with Crippen LogP contribution < -0.4 is 5.32 Å². The summed E-state index contributed by atoms with van der Waals surface area (Å²) in [4.78, 5) is 32.3. The number of urea groups is 1.